The van der Waals surface area contributed by atoms with E-state index in [1.807, 2.05) is 48.7 Å². The Balaban J connectivity index is 1.79. The molecule has 0 amide bonds. The fourth-order valence-electron chi connectivity index (χ4n) is 1.65. The summed E-state index contributed by atoms with van der Waals surface area (Å²) in [4.78, 5) is 4.04. The molecule has 1 aromatic heterocycles. The first kappa shape index (κ1) is 11.8. The third-order valence-corrected chi connectivity index (χ3v) is 2.57. The van der Waals surface area contributed by atoms with Crippen molar-refractivity contribution < 1.29 is 5.11 Å². The molecule has 1 atom stereocenters. The molecule has 1 aromatic carbocycles. The van der Waals surface area contributed by atoms with Crippen molar-refractivity contribution in [3.8, 4) is 0 Å². The maximum atomic E-state index is 9.92. The van der Waals surface area contributed by atoms with E-state index < -0.39 is 6.10 Å². The second-order valence-electron chi connectivity index (χ2n) is 3.92. The molecule has 0 spiro atoms. The van der Waals surface area contributed by atoms with Crippen LogP contribution in [0.15, 0.2) is 54.9 Å². The van der Waals surface area contributed by atoms with Crippen LogP contribution in [0.1, 0.15) is 17.2 Å². The molecule has 0 aliphatic heterocycles. The Morgan fingerprint density at radius 3 is 2.65 bits per heavy atom. The van der Waals surface area contributed by atoms with E-state index in [1.54, 1.807) is 6.20 Å². The molecular weight excluding hydrogens is 212 g/mol. The molecule has 0 aliphatic rings. The molecule has 88 valence electrons. The van der Waals surface area contributed by atoms with Crippen LogP contribution < -0.4 is 5.32 Å². The lowest BCUT2D eigenvalue weighted by atomic mass is 10.1. The Hall–Kier alpha value is -1.71. The zero-order chi connectivity index (χ0) is 11.9. The Kier molecular flexibility index (Phi) is 4.24. The molecule has 3 heteroatoms. The van der Waals surface area contributed by atoms with E-state index in [2.05, 4.69) is 10.3 Å². The van der Waals surface area contributed by atoms with Crippen molar-refractivity contribution in [1.29, 1.82) is 0 Å². The minimum atomic E-state index is -0.465. The van der Waals surface area contributed by atoms with E-state index in [1.165, 1.54) is 0 Å². The number of rotatable bonds is 5. The number of nitrogens with one attached hydrogen (secondary N) is 1. The first-order chi connectivity index (χ1) is 8.36. The zero-order valence-corrected chi connectivity index (χ0v) is 9.58. The second kappa shape index (κ2) is 6.13. The minimum absolute atomic E-state index is 0.465. The lowest BCUT2D eigenvalue weighted by Gasteiger charge is -2.11. The molecule has 0 radical (unpaired) electrons. The highest BCUT2D eigenvalue weighted by atomic mass is 16.3. The Bertz CT molecular complexity index is 430. The average Bonchev–Trinajstić information content (AvgIpc) is 2.41. The normalized spacial score (nSPS) is 12.3. The van der Waals surface area contributed by atoms with Gasteiger partial charge in [-0.2, -0.15) is 0 Å². The van der Waals surface area contributed by atoms with Crippen molar-refractivity contribution in [2.75, 3.05) is 6.54 Å². The van der Waals surface area contributed by atoms with Crippen LogP contribution in [0.25, 0.3) is 0 Å². The standard InChI is InChI=1S/C14H16N2O/c17-14(13-6-2-1-3-7-13)11-16-10-12-5-4-8-15-9-12/h1-9,14,16-17H,10-11H2/t14-/m0/s1. The van der Waals surface area contributed by atoms with E-state index in [4.69, 9.17) is 0 Å². The van der Waals surface area contributed by atoms with Gasteiger partial charge in [0.05, 0.1) is 6.10 Å². The molecule has 0 fully saturated rings. The van der Waals surface area contributed by atoms with Crippen LogP contribution >= 0.6 is 0 Å². The molecule has 1 heterocycles. The summed E-state index contributed by atoms with van der Waals surface area (Å²) in [5.74, 6) is 0. The van der Waals surface area contributed by atoms with Gasteiger partial charge in [-0.15, -0.1) is 0 Å². The fourth-order valence-corrected chi connectivity index (χ4v) is 1.65. The van der Waals surface area contributed by atoms with Crippen LogP contribution in [0.3, 0.4) is 0 Å². The van der Waals surface area contributed by atoms with Gasteiger partial charge in [0.25, 0.3) is 0 Å². The number of pyridine rings is 1. The highest BCUT2D eigenvalue weighted by molar-refractivity contribution is 5.17. The maximum absolute atomic E-state index is 9.92. The highest BCUT2D eigenvalue weighted by Gasteiger charge is 2.05. The number of aromatic nitrogens is 1. The van der Waals surface area contributed by atoms with E-state index in [0.29, 0.717) is 6.54 Å². The van der Waals surface area contributed by atoms with Gasteiger partial charge in [0.2, 0.25) is 0 Å². The average molecular weight is 228 g/mol. The molecule has 0 bridgehead atoms. The smallest absolute Gasteiger partial charge is 0.0914 e. The molecule has 0 saturated carbocycles. The van der Waals surface area contributed by atoms with E-state index in [9.17, 15) is 5.11 Å². The third-order valence-electron chi connectivity index (χ3n) is 2.57. The summed E-state index contributed by atoms with van der Waals surface area (Å²) in [5, 5.41) is 13.1. The number of benzene rings is 1. The number of aliphatic hydroxyl groups excluding tert-OH is 1. The molecule has 0 saturated heterocycles. The molecule has 2 rings (SSSR count). The Morgan fingerprint density at radius 1 is 1.12 bits per heavy atom. The van der Waals surface area contributed by atoms with Crippen molar-refractivity contribution in [1.82, 2.24) is 10.3 Å². The van der Waals surface area contributed by atoms with Crippen LogP contribution in [0, 0.1) is 0 Å². The van der Waals surface area contributed by atoms with Gasteiger partial charge in [-0.3, -0.25) is 4.98 Å². The molecular formula is C14H16N2O. The van der Waals surface area contributed by atoms with Crippen LogP contribution in [0.5, 0.6) is 0 Å². The topological polar surface area (TPSA) is 45.1 Å². The molecule has 0 aliphatic carbocycles. The predicted octanol–water partition coefficient (Wildman–Crippen LogP) is 1.90. The Labute approximate surface area is 101 Å². The lowest BCUT2D eigenvalue weighted by Crippen LogP contribution is -2.21. The minimum Gasteiger partial charge on any atom is -0.387 e. The first-order valence-electron chi connectivity index (χ1n) is 5.69. The molecule has 17 heavy (non-hydrogen) atoms. The lowest BCUT2D eigenvalue weighted by molar-refractivity contribution is 0.174. The molecule has 2 N–H and O–H groups in total. The zero-order valence-electron chi connectivity index (χ0n) is 9.58. The van der Waals surface area contributed by atoms with Gasteiger partial charge in [0.15, 0.2) is 0 Å². The SMILES string of the molecule is O[C@@H](CNCc1cccnc1)c1ccccc1. The summed E-state index contributed by atoms with van der Waals surface area (Å²) in [6.45, 7) is 1.26. The number of hydrogen-bond donors (Lipinski definition) is 2. The van der Waals surface area contributed by atoms with E-state index in [0.717, 1.165) is 17.7 Å². The summed E-state index contributed by atoms with van der Waals surface area (Å²) in [6, 6.07) is 13.6. The number of aliphatic hydroxyl groups is 1. The third kappa shape index (κ3) is 3.66. The summed E-state index contributed by atoms with van der Waals surface area (Å²) >= 11 is 0. The molecule has 2 aromatic rings. The highest BCUT2D eigenvalue weighted by Crippen LogP contribution is 2.10. The first-order valence-corrected chi connectivity index (χ1v) is 5.69. The van der Waals surface area contributed by atoms with Gasteiger partial charge in [-0.1, -0.05) is 36.4 Å². The quantitative estimate of drug-likeness (QED) is 0.821. The number of hydrogen-bond acceptors (Lipinski definition) is 3. The van der Waals surface area contributed by atoms with Crippen LogP contribution in [-0.4, -0.2) is 16.6 Å². The summed E-state index contributed by atoms with van der Waals surface area (Å²) in [7, 11) is 0. The largest absolute Gasteiger partial charge is 0.387 e. The van der Waals surface area contributed by atoms with Crippen LogP contribution in [-0.2, 0) is 6.54 Å². The Morgan fingerprint density at radius 2 is 1.94 bits per heavy atom. The summed E-state index contributed by atoms with van der Waals surface area (Å²) in [5.41, 5.74) is 2.05. The van der Waals surface area contributed by atoms with Gasteiger partial charge < -0.3 is 10.4 Å². The monoisotopic (exact) mass is 228 g/mol. The molecule has 0 unspecified atom stereocenters. The second-order valence-corrected chi connectivity index (χ2v) is 3.92. The maximum Gasteiger partial charge on any atom is 0.0914 e. The van der Waals surface area contributed by atoms with Crippen LogP contribution in [0.4, 0.5) is 0 Å². The fraction of sp³-hybridized carbons (Fsp3) is 0.214. The van der Waals surface area contributed by atoms with Gasteiger partial charge >= 0.3 is 0 Å². The van der Waals surface area contributed by atoms with Gasteiger partial charge in [0.1, 0.15) is 0 Å². The van der Waals surface area contributed by atoms with Crippen molar-refractivity contribution in [3.63, 3.8) is 0 Å². The van der Waals surface area contributed by atoms with Gasteiger partial charge in [0, 0.05) is 25.5 Å². The number of nitrogens with zero attached hydrogens (tertiary/aromatic N) is 1. The summed E-state index contributed by atoms with van der Waals surface area (Å²) < 4.78 is 0. The van der Waals surface area contributed by atoms with Crippen LogP contribution in [0.2, 0.25) is 0 Å². The predicted molar refractivity (Wildman–Crippen MR) is 67.3 cm³/mol. The van der Waals surface area contributed by atoms with Gasteiger partial charge in [-0.05, 0) is 17.2 Å². The summed E-state index contributed by atoms with van der Waals surface area (Å²) in [6.07, 6.45) is 3.11. The molecule has 3 nitrogen and oxygen atoms in total. The van der Waals surface area contributed by atoms with E-state index in [-0.39, 0.29) is 0 Å². The van der Waals surface area contributed by atoms with Gasteiger partial charge in [-0.25, -0.2) is 0 Å². The van der Waals surface area contributed by atoms with E-state index >= 15 is 0 Å². The van der Waals surface area contributed by atoms with Crippen molar-refractivity contribution in [2.24, 2.45) is 0 Å². The van der Waals surface area contributed by atoms with Crippen molar-refractivity contribution in [2.45, 2.75) is 12.6 Å². The van der Waals surface area contributed by atoms with Crippen molar-refractivity contribution in [3.05, 3.63) is 66.0 Å². The van der Waals surface area contributed by atoms with Crippen molar-refractivity contribution >= 4 is 0 Å².